The van der Waals surface area contributed by atoms with Crippen molar-refractivity contribution in [2.45, 2.75) is 60.0 Å². The van der Waals surface area contributed by atoms with Gasteiger partial charge in [0.15, 0.2) is 5.78 Å². The summed E-state index contributed by atoms with van der Waals surface area (Å²) >= 11 is 0. The van der Waals surface area contributed by atoms with Crippen LogP contribution in [0.15, 0.2) is 6.07 Å². The molecule has 132 valence electrons. The largest absolute Gasteiger partial charge is 0.348 e. The average molecular weight is 333 g/mol. The predicted octanol–water partition coefficient (Wildman–Crippen LogP) is 2.66. The van der Waals surface area contributed by atoms with Crippen LogP contribution in [0, 0.1) is 19.8 Å². The van der Waals surface area contributed by atoms with Crippen LogP contribution in [0.4, 0.5) is 4.79 Å². The summed E-state index contributed by atoms with van der Waals surface area (Å²) < 4.78 is 2.10. The Bertz CT molecular complexity index is 661. The molecule has 1 aromatic heterocycles. The van der Waals surface area contributed by atoms with Crippen molar-refractivity contribution in [2.75, 3.05) is 6.54 Å². The number of Topliss-reactive ketones (excluding diaryl/α,β-unsaturated/α-hetero) is 1. The van der Waals surface area contributed by atoms with E-state index < -0.39 is 12.1 Å². The topological polar surface area (TPSA) is 71.4 Å². The van der Waals surface area contributed by atoms with Crippen LogP contribution in [0.1, 0.15) is 55.4 Å². The molecule has 0 aliphatic carbocycles. The molecule has 0 radical (unpaired) electrons. The number of nitrogens with zero attached hydrogens (tertiary/aromatic N) is 2. The molecule has 1 fully saturated rings. The maximum absolute atomic E-state index is 12.6. The smallest absolute Gasteiger partial charge is 0.325 e. The van der Waals surface area contributed by atoms with Crippen molar-refractivity contribution >= 4 is 17.7 Å². The molecule has 0 bridgehead atoms. The number of aromatic nitrogens is 1. The fourth-order valence-electron chi connectivity index (χ4n) is 3.24. The van der Waals surface area contributed by atoms with Crippen molar-refractivity contribution in [1.29, 1.82) is 0 Å². The number of hydrogen-bond donors (Lipinski definition) is 1. The standard InChI is InChI=1S/C18H27N3O3/c1-6-7-20-12(4)9-14(13(20)5)16(22)10-21-17(23)15(8-11(2)3)19-18(21)24/h9,11,15H,6-8,10H2,1-5H3,(H,19,24)/t15-/m1/s1. The van der Waals surface area contributed by atoms with Gasteiger partial charge in [0.05, 0.1) is 6.54 Å². The van der Waals surface area contributed by atoms with Crippen LogP contribution in [0.25, 0.3) is 0 Å². The van der Waals surface area contributed by atoms with E-state index in [0.29, 0.717) is 17.9 Å². The number of nitrogens with one attached hydrogen (secondary N) is 1. The van der Waals surface area contributed by atoms with Crippen LogP contribution in [-0.2, 0) is 11.3 Å². The molecule has 24 heavy (non-hydrogen) atoms. The summed E-state index contributed by atoms with van der Waals surface area (Å²) in [5.74, 6) is -0.202. The normalized spacial score (nSPS) is 17.8. The molecular weight excluding hydrogens is 306 g/mol. The second-order valence-corrected chi connectivity index (χ2v) is 6.92. The highest BCUT2D eigenvalue weighted by Gasteiger charge is 2.39. The molecule has 1 aliphatic heterocycles. The van der Waals surface area contributed by atoms with Gasteiger partial charge in [-0.15, -0.1) is 0 Å². The fourth-order valence-corrected chi connectivity index (χ4v) is 3.24. The van der Waals surface area contributed by atoms with E-state index in [-0.39, 0.29) is 18.2 Å². The van der Waals surface area contributed by atoms with Crippen molar-refractivity contribution in [3.8, 4) is 0 Å². The second kappa shape index (κ2) is 7.20. The molecule has 6 nitrogen and oxygen atoms in total. The minimum absolute atomic E-state index is 0.195. The van der Waals surface area contributed by atoms with Crippen molar-refractivity contribution in [3.05, 3.63) is 23.0 Å². The monoisotopic (exact) mass is 333 g/mol. The third-order valence-corrected chi connectivity index (χ3v) is 4.44. The van der Waals surface area contributed by atoms with Crippen molar-refractivity contribution in [2.24, 2.45) is 5.92 Å². The molecule has 1 saturated heterocycles. The van der Waals surface area contributed by atoms with Crippen LogP contribution in [0.2, 0.25) is 0 Å². The van der Waals surface area contributed by atoms with Crippen molar-refractivity contribution in [3.63, 3.8) is 0 Å². The molecular formula is C18H27N3O3. The number of carbonyl (C=O) groups excluding carboxylic acids is 3. The van der Waals surface area contributed by atoms with E-state index in [2.05, 4.69) is 16.8 Å². The summed E-state index contributed by atoms with van der Waals surface area (Å²) in [6, 6.07) is 0.858. The third-order valence-electron chi connectivity index (χ3n) is 4.44. The number of imide groups is 1. The Balaban J connectivity index is 2.14. The molecule has 0 spiro atoms. The summed E-state index contributed by atoms with van der Waals surface area (Å²) in [7, 11) is 0. The van der Waals surface area contributed by atoms with Crippen LogP contribution in [0.3, 0.4) is 0 Å². The molecule has 2 rings (SSSR count). The first-order valence-electron chi connectivity index (χ1n) is 8.58. The van der Waals surface area contributed by atoms with E-state index in [4.69, 9.17) is 0 Å². The van der Waals surface area contributed by atoms with Gasteiger partial charge < -0.3 is 9.88 Å². The number of hydrogen-bond acceptors (Lipinski definition) is 3. The van der Waals surface area contributed by atoms with E-state index in [1.165, 1.54) is 0 Å². The molecule has 6 heteroatoms. The zero-order chi connectivity index (χ0) is 18.0. The van der Waals surface area contributed by atoms with Gasteiger partial charge in [-0.05, 0) is 38.7 Å². The minimum Gasteiger partial charge on any atom is -0.348 e. The lowest BCUT2D eigenvalue weighted by Gasteiger charge is -2.13. The first kappa shape index (κ1) is 18.2. The number of rotatable bonds is 7. The van der Waals surface area contributed by atoms with E-state index in [1.54, 1.807) is 0 Å². The minimum atomic E-state index is -0.516. The predicted molar refractivity (Wildman–Crippen MR) is 92.0 cm³/mol. The maximum Gasteiger partial charge on any atom is 0.325 e. The molecule has 0 unspecified atom stereocenters. The van der Waals surface area contributed by atoms with E-state index >= 15 is 0 Å². The quantitative estimate of drug-likeness (QED) is 0.616. The Hall–Kier alpha value is -2.11. The lowest BCUT2D eigenvalue weighted by atomic mass is 10.0. The lowest BCUT2D eigenvalue weighted by molar-refractivity contribution is -0.127. The van der Waals surface area contributed by atoms with Gasteiger partial charge in [-0.25, -0.2) is 4.79 Å². The number of ketones is 1. The SMILES string of the molecule is CCCn1c(C)cc(C(=O)CN2C(=O)N[C@H](CC(C)C)C2=O)c1C. The summed E-state index contributed by atoms with van der Waals surface area (Å²) in [6.45, 7) is 10.6. The van der Waals surface area contributed by atoms with E-state index in [1.807, 2.05) is 33.8 Å². The molecule has 1 aliphatic rings. The fraction of sp³-hybridized carbons (Fsp3) is 0.611. The summed E-state index contributed by atoms with van der Waals surface area (Å²) in [6.07, 6.45) is 1.56. The second-order valence-electron chi connectivity index (χ2n) is 6.92. The van der Waals surface area contributed by atoms with Gasteiger partial charge in [-0.3, -0.25) is 14.5 Å². The third kappa shape index (κ3) is 3.52. The molecule has 1 aromatic rings. The molecule has 0 saturated carbocycles. The molecule has 3 amide bonds. The summed E-state index contributed by atoms with van der Waals surface area (Å²) in [4.78, 5) is 38.1. The van der Waals surface area contributed by atoms with Crippen LogP contribution >= 0.6 is 0 Å². The summed E-state index contributed by atoms with van der Waals surface area (Å²) in [5.41, 5.74) is 2.51. The zero-order valence-corrected chi connectivity index (χ0v) is 15.2. The van der Waals surface area contributed by atoms with Crippen LogP contribution < -0.4 is 5.32 Å². The van der Waals surface area contributed by atoms with Crippen molar-refractivity contribution < 1.29 is 14.4 Å². The van der Waals surface area contributed by atoms with Gasteiger partial charge in [0.2, 0.25) is 0 Å². The Morgan fingerprint density at radius 3 is 2.54 bits per heavy atom. The molecule has 1 atom stereocenters. The Morgan fingerprint density at radius 2 is 1.96 bits per heavy atom. The Morgan fingerprint density at radius 1 is 1.29 bits per heavy atom. The van der Waals surface area contributed by atoms with E-state index in [0.717, 1.165) is 29.3 Å². The highest BCUT2D eigenvalue weighted by atomic mass is 16.2. The highest BCUT2D eigenvalue weighted by molar-refractivity contribution is 6.09. The van der Waals surface area contributed by atoms with Gasteiger partial charge in [0.25, 0.3) is 5.91 Å². The maximum atomic E-state index is 12.6. The zero-order valence-electron chi connectivity index (χ0n) is 15.2. The van der Waals surface area contributed by atoms with Gasteiger partial charge in [-0.1, -0.05) is 20.8 Å². The number of amides is 3. The lowest BCUT2D eigenvalue weighted by Crippen LogP contribution is -2.36. The first-order chi connectivity index (χ1) is 11.3. The van der Waals surface area contributed by atoms with Crippen molar-refractivity contribution in [1.82, 2.24) is 14.8 Å². The number of aryl methyl sites for hydroxylation is 1. The number of carbonyl (C=O) groups is 3. The van der Waals surface area contributed by atoms with Gasteiger partial charge in [0.1, 0.15) is 6.04 Å². The van der Waals surface area contributed by atoms with Gasteiger partial charge in [-0.2, -0.15) is 0 Å². The summed E-state index contributed by atoms with van der Waals surface area (Å²) in [5, 5.41) is 2.67. The van der Waals surface area contributed by atoms with Crippen LogP contribution in [0.5, 0.6) is 0 Å². The van der Waals surface area contributed by atoms with Gasteiger partial charge in [0, 0.05) is 23.5 Å². The molecule has 2 heterocycles. The van der Waals surface area contributed by atoms with Crippen LogP contribution in [-0.4, -0.2) is 39.8 Å². The highest BCUT2D eigenvalue weighted by Crippen LogP contribution is 2.19. The first-order valence-corrected chi connectivity index (χ1v) is 8.58. The number of urea groups is 1. The van der Waals surface area contributed by atoms with E-state index in [9.17, 15) is 14.4 Å². The average Bonchev–Trinajstić information content (AvgIpc) is 2.92. The molecule has 0 aromatic carbocycles. The Labute approximate surface area is 143 Å². The molecule has 1 N–H and O–H groups in total. The van der Waals surface area contributed by atoms with Gasteiger partial charge >= 0.3 is 6.03 Å². The Kier molecular flexibility index (Phi) is 5.47.